The first kappa shape index (κ1) is 23.3. The average Bonchev–Trinajstić information content (AvgIpc) is 2.71. The van der Waals surface area contributed by atoms with Crippen LogP contribution in [0, 0.1) is 0 Å². The van der Waals surface area contributed by atoms with Crippen molar-refractivity contribution in [3.8, 4) is 0 Å². The zero-order valence-electron chi connectivity index (χ0n) is 15.9. The lowest BCUT2D eigenvalue weighted by atomic mass is 10.1. The van der Waals surface area contributed by atoms with Gasteiger partial charge < -0.3 is 26.2 Å². The Labute approximate surface area is 174 Å². The van der Waals surface area contributed by atoms with Gasteiger partial charge in [0.15, 0.2) is 5.57 Å². The number of alkyl halides is 3. The van der Waals surface area contributed by atoms with E-state index in [0.717, 1.165) is 18.2 Å². The van der Waals surface area contributed by atoms with E-state index < -0.39 is 47.5 Å². The van der Waals surface area contributed by atoms with Gasteiger partial charge in [0.25, 0.3) is 11.8 Å². The molecule has 31 heavy (non-hydrogen) atoms. The minimum absolute atomic E-state index is 0.0131. The molecule has 8 nitrogen and oxygen atoms in total. The van der Waals surface area contributed by atoms with Crippen molar-refractivity contribution in [1.82, 2.24) is 10.6 Å². The molecule has 0 aliphatic rings. The van der Waals surface area contributed by atoms with Crippen molar-refractivity contribution in [2.75, 3.05) is 11.9 Å². The molecule has 0 atom stereocenters. The summed E-state index contributed by atoms with van der Waals surface area (Å²) in [5.74, 6) is -4.75. The maximum atomic E-state index is 12.9. The topological polar surface area (TPSA) is 128 Å². The van der Waals surface area contributed by atoms with Crippen LogP contribution in [0.4, 0.5) is 18.9 Å². The van der Waals surface area contributed by atoms with E-state index in [4.69, 9.17) is 5.11 Å². The van der Waals surface area contributed by atoms with Crippen LogP contribution in [0.2, 0.25) is 0 Å². The van der Waals surface area contributed by atoms with Crippen LogP contribution in [-0.4, -0.2) is 34.5 Å². The van der Waals surface area contributed by atoms with Gasteiger partial charge in [-0.1, -0.05) is 36.4 Å². The average molecular weight is 437 g/mol. The monoisotopic (exact) mass is 437 g/mol. The number of carbonyl (C=O) groups is 3. The molecule has 0 saturated carbocycles. The first-order valence-electron chi connectivity index (χ1n) is 8.77. The van der Waals surface area contributed by atoms with Gasteiger partial charge in [0.1, 0.15) is 6.54 Å². The molecule has 0 spiro atoms. The summed E-state index contributed by atoms with van der Waals surface area (Å²) in [6.45, 7) is -0.829. The molecule has 0 radical (unpaired) electrons. The summed E-state index contributed by atoms with van der Waals surface area (Å²) in [5.41, 5.74) is -1.51. The lowest BCUT2D eigenvalue weighted by molar-refractivity contribution is -0.138. The van der Waals surface area contributed by atoms with Crippen LogP contribution in [0.25, 0.3) is 0 Å². The van der Waals surface area contributed by atoms with Gasteiger partial charge in [-0.05, 0) is 23.8 Å². The van der Waals surface area contributed by atoms with Crippen LogP contribution in [0.1, 0.15) is 11.1 Å². The van der Waals surface area contributed by atoms with E-state index in [-0.39, 0.29) is 12.2 Å². The number of hydrogen-bond donors (Lipinski definition) is 5. The normalized spacial score (nSPS) is 11.8. The quantitative estimate of drug-likeness (QED) is 0.187. The molecule has 0 saturated heterocycles. The Balaban J connectivity index is 2.27. The number of aliphatic hydroxyl groups excluding tert-OH is 1. The van der Waals surface area contributed by atoms with Gasteiger partial charge in [0.05, 0.1) is 5.56 Å². The van der Waals surface area contributed by atoms with Gasteiger partial charge >= 0.3 is 12.1 Å². The minimum Gasteiger partial charge on any atom is -0.494 e. The van der Waals surface area contributed by atoms with E-state index in [1.165, 1.54) is 0 Å². The fraction of sp³-hybridized carbons (Fsp3) is 0.150. The number of carbonyl (C=O) groups excluding carboxylic acids is 2. The fourth-order valence-corrected chi connectivity index (χ4v) is 2.40. The third-order valence-corrected chi connectivity index (χ3v) is 3.84. The Kier molecular flexibility index (Phi) is 7.61. The maximum absolute atomic E-state index is 12.9. The first-order valence-corrected chi connectivity index (χ1v) is 8.77. The molecule has 2 aromatic rings. The molecule has 0 heterocycles. The second-order valence-corrected chi connectivity index (χ2v) is 6.17. The smallest absolute Gasteiger partial charge is 0.416 e. The molecule has 5 N–H and O–H groups in total. The highest BCUT2D eigenvalue weighted by molar-refractivity contribution is 6.23. The summed E-state index contributed by atoms with van der Waals surface area (Å²) in [5, 5.41) is 25.4. The van der Waals surface area contributed by atoms with Crippen LogP contribution >= 0.6 is 0 Å². The molecule has 11 heteroatoms. The van der Waals surface area contributed by atoms with Crippen molar-refractivity contribution < 1.29 is 37.8 Å². The number of anilines is 1. The van der Waals surface area contributed by atoms with E-state index in [1.807, 2.05) is 5.32 Å². The van der Waals surface area contributed by atoms with Crippen LogP contribution in [0.15, 0.2) is 66.1 Å². The van der Waals surface area contributed by atoms with Crippen molar-refractivity contribution in [3.05, 3.63) is 77.2 Å². The van der Waals surface area contributed by atoms with Gasteiger partial charge in [-0.2, -0.15) is 13.2 Å². The summed E-state index contributed by atoms with van der Waals surface area (Å²) in [7, 11) is 0. The molecule has 0 aliphatic heterocycles. The Morgan fingerprint density at radius 3 is 2.16 bits per heavy atom. The van der Waals surface area contributed by atoms with E-state index in [1.54, 1.807) is 30.3 Å². The number of carboxylic acid groups (broad SMARTS) is 1. The van der Waals surface area contributed by atoms with E-state index in [2.05, 4.69) is 10.6 Å². The SMILES string of the molecule is O=C(O)CNC(=O)C(C(=O)Nc1cccc(C(F)(F)F)c1)=C(O)NCc1ccccc1. The molecule has 2 aromatic carbocycles. The summed E-state index contributed by atoms with van der Waals surface area (Å²) < 4.78 is 38.6. The first-order chi connectivity index (χ1) is 14.6. The number of halogens is 3. The summed E-state index contributed by atoms with van der Waals surface area (Å²) >= 11 is 0. The van der Waals surface area contributed by atoms with Gasteiger partial charge in [0.2, 0.25) is 5.88 Å². The molecule has 2 amide bonds. The second-order valence-electron chi connectivity index (χ2n) is 6.17. The number of rotatable bonds is 8. The predicted octanol–water partition coefficient (Wildman–Crippen LogP) is 2.40. The highest BCUT2D eigenvalue weighted by Crippen LogP contribution is 2.30. The molecule has 0 aliphatic carbocycles. The van der Waals surface area contributed by atoms with Crippen molar-refractivity contribution >= 4 is 23.5 Å². The van der Waals surface area contributed by atoms with Crippen molar-refractivity contribution in [1.29, 1.82) is 0 Å². The fourth-order valence-electron chi connectivity index (χ4n) is 2.40. The molecule has 164 valence electrons. The predicted molar refractivity (Wildman–Crippen MR) is 104 cm³/mol. The van der Waals surface area contributed by atoms with Gasteiger partial charge in [-0.3, -0.25) is 14.4 Å². The number of aliphatic carboxylic acids is 1. The van der Waals surface area contributed by atoms with Crippen molar-refractivity contribution in [3.63, 3.8) is 0 Å². The second kappa shape index (κ2) is 10.1. The number of carboxylic acids is 1. The summed E-state index contributed by atoms with van der Waals surface area (Å²) in [6, 6.07) is 12.3. The van der Waals surface area contributed by atoms with Crippen molar-refractivity contribution in [2.45, 2.75) is 12.7 Å². The number of amides is 2. The van der Waals surface area contributed by atoms with E-state index >= 15 is 0 Å². The lowest BCUT2D eigenvalue weighted by Gasteiger charge is -2.14. The van der Waals surface area contributed by atoms with Crippen LogP contribution < -0.4 is 16.0 Å². The number of aliphatic hydroxyl groups is 1. The highest BCUT2D eigenvalue weighted by Gasteiger charge is 2.31. The van der Waals surface area contributed by atoms with Crippen LogP contribution in [0.5, 0.6) is 0 Å². The van der Waals surface area contributed by atoms with Crippen molar-refractivity contribution in [2.24, 2.45) is 0 Å². The van der Waals surface area contributed by atoms with Gasteiger partial charge in [-0.25, -0.2) is 0 Å². The van der Waals surface area contributed by atoms with Crippen LogP contribution in [0.3, 0.4) is 0 Å². The molecule has 0 fully saturated rings. The van der Waals surface area contributed by atoms with E-state index in [9.17, 15) is 32.7 Å². The third-order valence-electron chi connectivity index (χ3n) is 3.84. The molecule has 0 bridgehead atoms. The standard InChI is InChI=1S/C20H18F3N3O5/c21-20(22,23)13-7-4-8-14(9-13)26-19(31)16(18(30)25-11-15(27)28)17(29)24-10-12-5-2-1-3-6-12/h1-9,24,29H,10-11H2,(H,25,30)(H,26,31)(H,27,28). The van der Waals surface area contributed by atoms with Crippen LogP contribution in [-0.2, 0) is 27.1 Å². The summed E-state index contributed by atoms with van der Waals surface area (Å²) in [6.07, 6.45) is -4.66. The number of hydrogen-bond acceptors (Lipinski definition) is 5. The van der Waals surface area contributed by atoms with Gasteiger partial charge in [-0.15, -0.1) is 0 Å². The number of nitrogens with one attached hydrogen (secondary N) is 3. The zero-order chi connectivity index (χ0) is 23.0. The molecule has 0 unspecified atom stereocenters. The van der Waals surface area contributed by atoms with E-state index in [0.29, 0.717) is 11.6 Å². The summed E-state index contributed by atoms with van der Waals surface area (Å²) in [4.78, 5) is 35.5. The lowest BCUT2D eigenvalue weighted by Crippen LogP contribution is -2.37. The maximum Gasteiger partial charge on any atom is 0.416 e. The largest absolute Gasteiger partial charge is 0.494 e. The molecule has 2 rings (SSSR count). The molecular formula is C20H18F3N3O5. The van der Waals surface area contributed by atoms with Gasteiger partial charge in [0, 0.05) is 12.2 Å². The third kappa shape index (κ3) is 7.07. The Bertz CT molecular complexity index is 991. The zero-order valence-corrected chi connectivity index (χ0v) is 15.9. The minimum atomic E-state index is -4.66. The Morgan fingerprint density at radius 1 is 0.871 bits per heavy atom. The molecule has 0 aromatic heterocycles. The Hall–Kier alpha value is -4.02. The molecular weight excluding hydrogens is 419 g/mol. The Morgan fingerprint density at radius 2 is 1.55 bits per heavy atom. The highest BCUT2D eigenvalue weighted by atomic mass is 19.4. The number of benzene rings is 2.